The Morgan fingerprint density at radius 1 is 1.53 bits per heavy atom. The molecule has 1 aliphatic rings. The highest BCUT2D eigenvalue weighted by molar-refractivity contribution is 7.80. The smallest absolute Gasteiger partial charge is 0.235 e. The first-order valence-electron chi connectivity index (χ1n) is 6.04. The summed E-state index contributed by atoms with van der Waals surface area (Å²) >= 11 is 5.03. The molecule has 98 valence electrons. The molecule has 0 aromatic rings. The Morgan fingerprint density at radius 3 is 2.29 bits per heavy atom. The van der Waals surface area contributed by atoms with Gasteiger partial charge in [0.05, 0.1) is 16.0 Å². The van der Waals surface area contributed by atoms with E-state index in [4.69, 9.17) is 18.0 Å². The summed E-state index contributed by atoms with van der Waals surface area (Å²) in [4.78, 5) is 14.4. The van der Waals surface area contributed by atoms with Crippen molar-refractivity contribution in [2.24, 2.45) is 11.1 Å². The topological polar surface area (TPSA) is 66.6 Å². The van der Waals surface area contributed by atoms with E-state index in [1.165, 1.54) is 0 Å². The molecule has 0 aromatic carbocycles. The standard InChI is InChI=1S/C12H22N2O2S/c1-4-14(8-11(2,3)16)10(15)12(9(13)17)6-5-7-12/h16H,4-8H2,1-3H3,(H2,13,17). The van der Waals surface area contributed by atoms with Crippen molar-refractivity contribution in [2.75, 3.05) is 13.1 Å². The van der Waals surface area contributed by atoms with Crippen LogP contribution in [0.5, 0.6) is 0 Å². The van der Waals surface area contributed by atoms with Gasteiger partial charge in [-0.3, -0.25) is 4.79 Å². The van der Waals surface area contributed by atoms with Crippen molar-refractivity contribution in [3.63, 3.8) is 0 Å². The lowest BCUT2D eigenvalue weighted by Crippen LogP contribution is -2.56. The summed E-state index contributed by atoms with van der Waals surface area (Å²) in [6.07, 6.45) is 2.47. The molecule has 5 heteroatoms. The van der Waals surface area contributed by atoms with Crippen LogP contribution in [0.1, 0.15) is 40.0 Å². The number of thiocarbonyl (C=S) groups is 1. The highest BCUT2D eigenvalue weighted by Gasteiger charge is 2.49. The van der Waals surface area contributed by atoms with E-state index >= 15 is 0 Å². The van der Waals surface area contributed by atoms with Gasteiger partial charge in [0.1, 0.15) is 0 Å². The van der Waals surface area contributed by atoms with E-state index in [1.807, 2.05) is 6.92 Å². The molecule has 0 spiro atoms. The van der Waals surface area contributed by atoms with E-state index in [-0.39, 0.29) is 5.91 Å². The van der Waals surface area contributed by atoms with Crippen molar-refractivity contribution < 1.29 is 9.90 Å². The first kappa shape index (κ1) is 14.4. The maximum Gasteiger partial charge on any atom is 0.235 e. The van der Waals surface area contributed by atoms with Gasteiger partial charge in [-0.25, -0.2) is 0 Å². The molecular weight excluding hydrogens is 236 g/mol. The molecule has 0 atom stereocenters. The molecule has 1 fully saturated rings. The first-order valence-corrected chi connectivity index (χ1v) is 6.45. The second-order valence-electron chi connectivity index (χ2n) is 5.43. The minimum Gasteiger partial charge on any atom is -0.392 e. The predicted molar refractivity (Wildman–Crippen MR) is 71.6 cm³/mol. The van der Waals surface area contributed by atoms with Gasteiger partial charge in [0.15, 0.2) is 0 Å². The Bertz CT molecular complexity index is 319. The minimum absolute atomic E-state index is 0.0270. The third-order valence-electron chi connectivity index (χ3n) is 3.33. The summed E-state index contributed by atoms with van der Waals surface area (Å²) in [5.74, 6) is -0.0270. The Morgan fingerprint density at radius 2 is 2.06 bits per heavy atom. The van der Waals surface area contributed by atoms with Crippen LogP contribution in [0.2, 0.25) is 0 Å². The van der Waals surface area contributed by atoms with Gasteiger partial charge < -0.3 is 15.7 Å². The van der Waals surface area contributed by atoms with Crippen LogP contribution in [-0.4, -0.2) is 39.6 Å². The van der Waals surface area contributed by atoms with Crippen LogP contribution >= 0.6 is 12.2 Å². The molecule has 0 aromatic heterocycles. The fourth-order valence-electron chi connectivity index (χ4n) is 2.19. The lowest BCUT2D eigenvalue weighted by molar-refractivity contribution is -0.144. The quantitative estimate of drug-likeness (QED) is 0.724. The van der Waals surface area contributed by atoms with Gasteiger partial charge in [0, 0.05) is 13.1 Å². The van der Waals surface area contributed by atoms with Gasteiger partial charge >= 0.3 is 0 Å². The molecule has 0 aliphatic heterocycles. The van der Waals surface area contributed by atoms with Crippen LogP contribution in [0.25, 0.3) is 0 Å². The van der Waals surface area contributed by atoms with E-state index in [0.29, 0.717) is 18.1 Å². The van der Waals surface area contributed by atoms with Crippen molar-refractivity contribution in [2.45, 2.75) is 45.6 Å². The normalized spacial score (nSPS) is 18.4. The summed E-state index contributed by atoms with van der Waals surface area (Å²) in [5, 5.41) is 9.81. The summed E-state index contributed by atoms with van der Waals surface area (Å²) in [6.45, 7) is 6.16. The number of amides is 1. The number of nitrogens with zero attached hydrogens (tertiary/aromatic N) is 1. The van der Waals surface area contributed by atoms with Crippen LogP contribution in [0.4, 0.5) is 0 Å². The van der Waals surface area contributed by atoms with E-state index < -0.39 is 11.0 Å². The van der Waals surface area contributed by atoms with E-state index in [2.05, 4.69) is 0 Å². The molecule has 1 rings (SSSR count). The molecule has 1 saturated carbocycles. The summed E-state index contributed by atoms with van der Waals surface area (Å²) < 4.78 is 0. The third-order valence-corrected chi connectivity index (χ3v) is 3.73. The molecule has 0 unspecified atom stereocenters. The van der Waals surface area contributed by atoms with Crippen LogP contribution in [0.15, 0.2) is 0 Å². The Balaban J connectivity index is 2.82. The molecule has 17 heavy (non-hydrogen) atoms. The Labute approximate surface area is 108 Å². The number of likely N-dealkylation sites (N-methyl/N-ethyl adjacent to an activating group) is 1. The molecule has 0 saturated heterocycles. The van der Waals surface area contributed by atoms with Crippen molar-refractivity contribution in [3.8, 4) is 0 Å². The highest BCUT2D eigenvalue weighted by atomic mass is 32.1. The van der Waals surface area contributed by atoms with E-state index in [0.717, 1.165) is 19.3 Å². The fraction of sp³-hybridized carbons (Fsp3) is 0.833. The summed E-state index contributed by atoms with van der Waals surface area (Å²) in [5.41, 5.74) is 4.17. The third kappa shape index (κ3) is 2.96. The van der Waals surface area contributed by atoms with Gasteiger partial charge in [0.25, 0.3) is 0 Å². The van der Waals surface area contributed by atoms with Crippen molar-refractivity contribution in [1.82, 2.24) is 4.90 Å². The lowest BCUT2D eigenvalue weighted by atomic mass is 9.67. The molecule has 0 heterocycles. The highest BCUT2D eigenvalue weighted by Crippen LogP contribution is 2.43. The number of carbonyl (C=O) groups excluding carboxylic acids is 1. The van der Waals surface area contributed by atoms with E-state index in [1.54, 1.807) is 18.7 Å². The molecule has 0 radical (unpaired) electrons. The number of hydrogen-bond donors (Lipinski definition) is 2. The Hall–Kier alpha value is -0.680. The van der Waals surface area contributed by atoms with Crippen molar-refractivity contribution in [1.29, 1.82) is 0 Å². The van der Waals surface area contributed by atoms with Crippen LogP contribution < -0.4 is 5.73 Å². The van der Waals surface area contributed by atoms with Crippen LogP contribution in [0, 0.1) is 5.41 Å². The number of rotatable bonds is 5. The van der Waals surface area contributed by atoms with Gasteiger partial charge in [-0.05, 0) is 33.6 Å². The summed E-state index contributed by atoms with van der Waals surface area (Å²) in [7, 11) is 0. The predicted octanol–water partition coefficient (Wildman–Crippen LogP) is 1.06. The van der Waals surface area contributed by atoms with E-state index in [9.17, 15) is 9.90 Å². The fourth-order valence-corrected chi connectivity index (χ4v) is 2.48. The molecule has 1 aliphatic carbocycles. The summed E-state index contributed by atoms with van der Waals surface area (Å²) in [6, 6.07) is 0. The van der Waals surface area contributed by atoms with Crippen LogP contribution in [0.3, 0.4) is 0 Å². The SMILES string of the molecule is CCN(CC(C)(C)O)C(=O)C1(C(N)=S)CCC1. The second kappa shape index (κ2) is 4.90. The average molecular weight is 258 g/mol. The minimum atomic E-state index is -0.896. The van der Waals surface area contributed by atoms with Gasteiger partial charge in [-0.2, -0.15) is 0 Å². The first-order chi connectivity index (χ1) is 7.73. The average Bonchev–Trinajstić information content (AvgIpc) is 2.09. The Kier molecular flexibility index (Phi) is 4.15. The zero-order valence-electron chi connectivity index (χ0n) is 10.8. The monoisotopic (exact) mass is 258 g/mol. The van der Waals surface area contributed by atoms with Crippen molar-refractivity contribution in [3.05, 3.63) is 0 Å². The maximum absolute atomic E-state index is 12.4. The molecule has 3 N–H and O–H groups in total. The number of carbonyl (C=O) groups is 1. The maximum atomic E-state index is 12.4. The number of nitrogens with two attached hydrogens (primary N) is 1. The lowest BCUT2D eigenvalue weighted by Gasteiger charge is -2.43. The zero-order chi connectivity index (χ0) is 13.3. The molecular formula is C12H22N2O2S. The number of hydrogen-bond acceptors (Lipinski definition) is 3. The molecule has 0 bridgehead atoms. The van der Waals surface area contributed by atoms with Gasteiger partial charge in [0.2, 0.25) is 5.91 Å². The second-order valence-corrected chi connectivity index (χ2v) is 5.87. The largest absolute Gasteiger partial charge is 0.392 e. The molecule has 1 amide bonds. The zero-order valence-corrected chi connectivity index (χ0v) is 11.6. The van der Waals surface area contributed by atoms with Crippen molar-refractivity contribution >= 4 is 23.1 Å². The molecule has 4 nitrogen and oxygen atoms in total. The van der Waals surface area contributed by atoms with Crippen LogP contribution in [-0.2, 0) is 4.79 Å². The van der Waals surface area contributed by atoms with Gasteiger partial charge in [-0.15, -0.1) is 0 Å². The van der Waals surface area contributed by atoms with Gasteiger partial charge in [-0.1, -0.05) is 18.6 Å². The number of aliphatic hydroxyl groups is 1.